The predicted octanol–water partition coefficient (Wildman–Crippen LogP) is 3.12. The molecule has 2 aromatic rings. The third-order valence-electron chi connectivity index (χ3n) is 6.24. The van der Waals surface area contributed by atoms with Crippen LogP contribution >= 0.6 is 0 Å². The lowest BCUT2D eigenvalue weighted by Gasteiger charge is -2.42. The van der Waals surface area contributed by atoms with Crippen molar-refractivity contribution in [1.29, 1.82) is 0 Å². The molecule has 3 atom stereocenters. The van der Waals surface area contributed by atoms with E-state index in [0.717, 1.165) is 12.1 Å². The molecule has 3 amide bonds. The van der Waals surface area contributed by atoms with E-state index in [-0.39, 0.29) is 48.1 Å². The van der Waals surface area contributed by atoms with Gasteiger partial charge in [0.05, 0.1) is 24.1 Å². The number of nitrogens with zero attached hydrogens (tertiary/aromatic N) is 1. The number of fused-ring (bicyclic) bond motifs is 2. The van der Waals surface area contributed by atoms with Gasteiger partial charge in [-0.15, -0.1) is 0 Å². The van der Waals surface area contributed by atoms with Crippen LogP contribution in [-0.2, 0) is 9.53 Å². The molecule has 10 heteroatoms. The molecule has 8 nitrogen and oxygen atoms in total. The van der Waals surface area contributed by atoms with E-state index in [1.54, 1.807) is 24.1 Å². The summed E-state index contributed by atoms with van der Waals surface area (Å²) in [5.74, 6) is -2.86. The molecule has 2 N–H and O–H groups in total. The molecule has 4 rings (SSSR count). The maximum absolute atomic E-state index is 13.5. The summed E-state index contributed by atoms with van der Waals surface area (Å²) < 4.78 is 38.7. The Labute approximate surface area is 201 Å². The Morgan fingerprint density at radius 1 is 1.11 bits per heavy atom. The minimum absolute atomic E-state index is 0.0558. The van der Waals surface area contributed by atoms with E-state index in [1.165, 1.54) is 12.1 Å². The summed E-state index contributed by atoms with van der Waals surface area (Å²) in [7, 11) is 1.69. The molecule has 0 bridgehead atoms. The largest absolute Gasteiger partial charge is 0.490 e. The predicted molar refractivity (Wildman–Crippen MR) is 123 cm³/mol. The molecule has 0 unspecified atom stereocenters. The van der Waals surface area contributed by atoms with Crippen molar-refractivity contribution in [2.75, 3.05) is 25.5 Å². The van der Waals surface area contributed by atoms with E-state index in [1.807, 2.05) is 6.92 Å². The standard InChI is InChI=1S/C25H27F2N3O5/c1-3-28-23(31)12-16-6-8-20-22(35-16)13-34-21-9-5-15(11-17(21)25(33)30(20)2)29-24(32)14-4-7-18(26)19(27)10-14/h4-5,7,9-11,16,20,22H,3,6,8,12-13H2,1-2H3,(H,28,31)(H,29,32)/t16-,20-,22-/m0/s1. The summed E-state index contributed by atoms with van der Waals surface area (Å²) in [6, 6.07) is 7.24. The Morgan fingerprint density at radius 2 is 1.91 bits per heavy atom. The first-order chi connectivity index (χ1) is 16.8. The minimum Gasteiger partial charge on any atom is -0.490 e. The number of likely N-dealkylation sites (N-methyl/N-ethyl adjacent to an activating group) is 1. The van der Waals surface area contributed by atoms with E-state index in [9.17, 15) is 23.2 Å². The lowest BCUT2D eigenvalue weighted by atomic mass is 9.94. The van der Waals surface area contributed by atoms with Gasteiger partial charge in [-0.2, -0.15) is 0 Å². The van der Waals surface area contributed by atoms with Gasteiger partial charge in [-0.1, -0.05) is 0 Å². The maximum atomic E-state index is 13.5. The van der Waals surface area contributed by atoms with E-state index >= 15 is 0 Å². The highest BCUT2D eigenvalue weighted by molar-refractivity contribution is 6.05. The number of nitrogens with one attached hydrogen (secondary N) is 2. The first-order valence-electron chi connectivity index (χ1n) is 11.5. The normalized spacial score (nSPS) is 21.7. The van der Waals surface area contributed by atoms with Crippen LogP contribution in [-0.4, -0.2) is 61.1 Å². The fourth-order valence-electron chi connectivity index (χ4n) is 4.42. The first-order valence-corrected chi connectivity index (χ1v) is 11.5. The monoisotopic (exact) mass is 487 g/mol. The van der Waals surface area contributed by atoms with Gasteiger partial charge in [0.25, 0.3) is 11.8 Å². The van der Waals surface area contributed by atoms with Crippen molar-refractivity contribution in [2.24, 2.45) is 0 Å². The molecule has 0 aliphatic carbocycles. The molecule has 0 spiro atoms. The smallest absolute Gasteiger partial charge is 0.257 e. The molecule has 2 aromatic carbocycles. The van der Waals surface area contributed by atoms with Gasteiger partial charge < -0.3 is 25.0 Å². The van der Waals surface area contributed by atoms with Gasteiger partial charge in [0.1, 0.15) is 18.5 Å². The topological polar surface area (TPSA) is 97.0 Å². The number of anilines is 1. The number of amides is 3. The number of benzene rings is 2. The lowest BCUT2D eigenvalue weighted by Crippen LogP contribution is -2.54. The third-order valence-corrected chi connectivity index (χ3v) is 6.24. The number of rotatable bonds is 5. The highest BCUT2D eigenvalue weighted by Crippen LogP contribution is 2.32. The summed E-state index contributed by atoms with van der Waals surface area (Å²) in [6.07, 6.45) is 0.905. The van der Waals surface area contributed by atoms with Gasteiger partial charge in [-0.05, 0) is 56.2 Å². The Balaban J connectivity index is 1.49. The van der Waals surface area contributed by atoms with Crippen LogP contribution in [0.3, 0.4) is 0 Å². The molecular weight excluding hydrogens is 460 g/mol. The number of hydrogen-bond acceptors (Lipinski definition) is 5. The van der Waals surface area contributed by atoms with Crippen molar-refractivity contribution >= 4 is 23.4 Å². The molecule has 0 saturated carbocycles. The summed E-state index contributed by atoms with van der Waals surface area (Å²) in [4.78, 5) is 39.3. The fourth-order valence-corrected chi connectivity index (χ4v) is 4.42. The molecule has 2 aliphatic rings. The van der Waals surface area contributed by atoms with E-state index in [0.29, 0.717) is 30.8 Å². The maximum Gasteiger partial charge on any atom is 0.257 e. The summed E-state index contributed by atoms with van der Waals surface area (Å²) >= 11 is 0. The van der Waals surface area contributed by atoms with Crippen LogP contribution < -0.4 is 15.4 Å². The fraction of sp³-hybridized carbons (Fsp3) is 0.400. The van der Waals surface area contributed by atoms with Crippen LogP contribution in [0.1, 0.15) is 46.9 Å². The van der Waals surface area contributed by atoms with Gasteiger partial charge in [0.15, 0.2) is 11.6 Å². The number of carbonyl (C=O) groups is 3. The van der Waals surface area contributed by atoms with Gasteiger partial charge in [-0.3, -0.25) is 14.4 Å². The quantitative estimate of drug-likeness (QED) is 0.676. The second-order valence-electron chi connectivity index (χ2n) is 8.62. The molecule has 2 aliphatic heterocycles. The number of hydrogen-bond donors (Lipinski definition) is 2. The zero-order valence-corrected chi connectivity index (χ0v) is 19.5. The van der Waals surface area contributed by atoms with Gasteiger partial charge in [-0.25, -0.2) is 8.78 Å². The molecule has 0 aromatic heterocycles. The highest BCUT2D eigenvalue weighted by Gasteiger charge is 2.39. The van der Waals surface area contributed by atoms with E-state index in [4.69, 9.17) is 9.47 Å². The van der Waals surface area contributed by atoms with Crippen LogP contribution in [0.2, 0.25) is 0 Å². The van der Waals surface area contributed by atoms with Crippen LogP contribution in [0, 0.1) is 11.6 Å². The van der Waals surface area contributed by atoms with Crippen molar-refractivity contribution in [2.45, 2.75) is 44.4 Å². The SMILES string of the molecule is CCNC(=O)C[C@@H]1CC[C@H]2[C@H](COc3ccc(NC(=O)c4ccc(F)c(F)c4)cc3C(=O)N2C)O1. The Hall–Kier alpha value is -3.53. The van der Waals surface area contributed by atoms with E-state index < -0.39 is 23.6 Å². The van der Waals surface area contributed by atoms with Crippen molar-refractivity contribution in [3.05, 3.63) is 59.2 Å². The van der Waals surface area contributed by atoms with Gasteiger partial charge >= 0.3 is 0 Å². The molecule has 186 valence electrons. The van der Waals surface area contributed by atoms with Crippen molar-refractivity contribution < 1.29 is 32.6 Å². The summed E-state index contributed by atoms with van der Waals surface area (Å²) in [6.45, 7) is 2.61. The lowest BCUT2D eigenvalue weighted by molar-refractivity contribution is -0.133. The van der Waals surface area contributed by atoms with Gasteiger partial charge in [0.2, 0.25) is 5.91 Å². The zero-order valence-electron chi connectivity index (χ0n) is 19.5. The first kappa shape index (κ1) is 24.6. The van der Waals surface area contributed by atoms with Crippen molar-refractivity contribution in [3.63, 3.8) is 0 Å². The van der Waals surface area contributed by atoms with Crippen molar-refractivity contribution in [1.82, 2.24) is 10.2 Å². The molecule has 35 heavy (non-hydrogen) atoms. The zero-order chi connectivity index (χ0) is 25.1. The molecule has 2 heterocycles. The van der Waals surface area contributed by atoms with Gasteiger partial charge in [0, 0.05) is 24.8 Å². The third kappa shape index (κ3) is 5.43. The molecule has 1 saturated heterocycles. The minimum atomic E-state index is -1.13. The number of halogens is 2. The van der Waals surface area contributed by atoms with Crippen LogP contribution in [0.4, 0.5) is 14.5 Å². The Bertz CT molecular complexity index is 1140. The number of carbonyl (C=O) groups excluding carboxylic acids is 3. The highest BCUT2D eigenvalue weighted by atomic mass is 19.2. The van der Waals surface area contributed by atoms with Crippen LogP contribution in [0.15, 0.2) is 36.4 Å². The average molecular weight is 488 g/mol. The summed E-state index contributed by atoms with van der Waals surface area (Å²) in [5, 5.41) is 5.37. The number of ether oxygens (including phenoxy) is 2. The molecular formula is C25H27F2N3O5. The Morgan fingerprint density at radius 3 is 2.66 bits per heavy atom. The second-order valence-corrected chi connectivity index (χ2v) is 8.62. The Kier molecular flexibility index (Phi) is 7.30. The van der Waals surface area contributed by atoms with E-state index in [2.05, 4.69) is 10.6 Å². The summed E-state index contributed by atoms with van der Waals surface area (Å²) in [5.41, 5.74) is 0.515. The van der Waals surface area contributed by atoms with Crippen molar-refractivity contribution in [3.8, 4) is 5.75 Å². The molecule has 1 fully saturated rings. The second kappa shape index (κ2) is 10.4. The van der Waals surface area contributed by atoms with Crippen LogP contribution in [0.25, 0.3) is 0 Å². The molecule has 0 radical (unpaired) electrons. The average Bonchev–Trinajstić information content (AvgIpc) is 2.83. The van der Waals surface area contributed by atoms with Crippen LogP contribution in [0.5, 0.6) is 5.75 Å².